The molecule has 2 aromatic heterocycles. The number of rotatable bonds is 11. The second-order valence-electron chi connectivity index (χ2n) is 8.98. The molecule has 2 fully saturated rings. The minimum Gasteiger partial charge on any atom is -0.387 e. The van der Waals surface area contributed by atoms with Crippen molar-refractivity contribution in [1.82, 2.24) is 19.5 Å². The highest BCUT2D eigenvalue weighted by Crippen LogP contribution is 2.61. The van der Waals surface area contributed by atoms with E-state index < -0.39 is 89.7 Å². The van der Waals surface area contributed by atoms with E-state index in [2.05, 4.69) is 34.2 Å². The van der Waals surface area contributed by atoms with E-state index in [9.17, 15) is 49.2 Å². The van der Waals surface area contributed by atoms with Crippen molar-refractivity contribution >= 4 is 32.8 Å². The van der Waals surface area contributed by atoms with E-state index in [1.54, 1.807) is 0 Å². The molecule has 10 N–H and O–H groups in total. The van der Waals surface area contributed by atoms with Crippen molar-refractivity contribution in [3.05, 3.63) is 16.7 Å². The lowest BCUT2D eigenvalue weighted by atomic mass is 9.99. The Kier molecular flexibility index (Phi) is 9.86. The molecule has 0 spiro atoms. The van der Waals surface area contributed by atoms with Crippen molar-refractivity contribution in [2.24, 2.45) is 0 Å². The normalized spacial score (nSPS) is 34.6. The van der Waals surface area contributed by atoms with Gasteiger partial charge in [0, 0.05) is 0 Å². The molecule has 0 aliphatic carbocycles. The highest BCUT2D eigenvalue weighted by atomic mass is 31.3. The second kappa shape index (κ2) is 12.7. The quantitative estimate of drug-likeness (QED) is 0.0640. The Morgan fingerprint density at radius 3 is 2.38 bits per heavy atom. The molecule has 0 aromatic carbocycles. The van der Waals surface area contributed by atoms with Crippen LogP contribution in [-0.4, -0.2) is 124 Å². The van der Waals surface area contributed by atoms with Gasteiger partial charge < -0.3 is 55.3 Å². The lowest BCUT2D eigenvalue weighted by Crippen LogP contribution is -2.59. The average molecular weight is 643 g/mol. The van der Waals surface area contributed by atoms with Crippen LogP contribution in [0.2, 0.25) is 0 Å². The zero-order valence-electron chi connectivity index (χ0n) is 21.1. The summed E-state index contributed by atoms with van der Waals surface area (Å²) in [5.41, 5.74) is 4.56. The summed E-state index contributed by atoms with van der Waals surface area (Å²) in [5, 5.41) is 50.9. The topological polar surface area (TPSA) is 321 Å². The predicted molar refractivity (Wildman–Crippen MR) is 133 cm³/mol. The van der Waals surface area contributed by atoms with Crippen molar-refractivity contribution in [3.8, 4) is 12.3 Å². The number of phosphoric ester groups is 2. The standard InChI is InChI=1S/C19H27N5O16P2/c1-2-3-35-4-7-10(25)12(27)14(29)18(38-7)39-42(33,34)40-41(31,32)36-5-8-11(26)13(28)17(37-8)24-6-21-9-15(24)22-19(20)23-16(9)30/h1,6-8,10-14,17-18,25-29H,3-5H2,(H,31,32)(H,33,34)(H3,20,22,23,30)/t7-,8+,10+,11+,12+,13+,14-,17+,18?/m0/s1. The van der Waals surface area contributed by atoms with Gasteiger partial charge >= 0.3 is 15.6 Å². The molecule has 3 unspecified atom stereocenters. The van der Waals surface area contributed by atoms with Crippen LogP contribution in [0.3, 0.4) is 0 Å². The van der Waals surface area contributed by atoms with Crippen molar-refractivity contribution in [3.63, 3.8) is 0 Å². The Labute approximate surface area is 234 Å². The number of aliphatic hydroxyl groups excluding tert-OH is 5. The van der Waals surface area contributed by atoms with E-state index in [-0.39, 0.29) is 23.7 Å². The molecule has 0 saturated carbocycles. The summed E-state index contributed by atoms with van der Waals surface area (Å²) in [5.74, 6) is 1.86. The molecule has 0 radical (unpaired) electrons. The van der Waals surface area contributed by atoms with Gasteiger partial charge in [0.2, 0.25) is 5.95 Å². The molecule has 23 heteroatoms. The van der Waals surface area contributed by atoms with Crippen LogP contribution in [-0.2, 0) is 36.7 Å². The Morgan fingerprint density at radius 2 is 1.69 bits per heavy atom. The molecule has 2 aromatic rings. The number of H-pyrrole nitrogens is 1. The average Bonchev–Trinajstić information content (AvgIpc) is 3.44. The number of anilines is 1. The fraction of sp³-hybridized carbons (Fsp3) is 0.632. The number of terminal acetylenes is 1. The monoisotopic (exact) mass is 643 g/mol. The van der Waals surface area contributed by atoms with Crippen LogP contribution in [0.1, 0.15) is 6.23 Å². The Balaban J connectivity index is 1.38. The minimum absolute atomic E-state index is 0.113. The first-order valence-electron chi connectivity index (χ1n) is 11.8. The summed E-state index contributed by atoms with van der Waals surface area (Å²) < 4.78 is 54.9. The van der Waals surface area contributed by atoms with Crippen LogP contribution in [0.5, 0.6) is 0 Å². The van der Waals surface area contributed by atoms with Crippen LogP contribution in [0.15, 0.2) is 11.1 Å². The van der Waals surface area contributed by atoms with Crippen LogP contribution in [0.4, 0.5) is 5.95 Å². The molecule has 4 heterocycles. The number of ether oxygens (including phenoxy) is 3. The van der Waals surface area contributed by atoms with Crippen molar-refractivity contribution in [1.29, 1.82) is 0 Å². The van der Waals surface area contributed by atoms with E-state index in [1.165, 1.54) is 0 Å². The smallest absolute Gasteiger partial charge is 0.387 e. The summed E-state index contributed by atoms with van der Waals surface area (Å²) in [6.45, 7) is -1.64. The van der Waals surface area contributed by atoms with Gasteiger partial charge in [-0.05, 0) is 0 Å². The SMILES string of the molecule is C#CCOC[C@@H]1OC(OP(=O)(O)OP(=O)(O)OC[C@H]2O[C@@H](n3cnc4c(=O)[nH]c(N)nc43)[C@H](O)[C@@H]2O)[C@@H](O)[C@H](O)[C@@H]1O. The third-order valence-corrected chi connectivity index (χ3v) is 8.64. The van der Waals surface area contributed by atoms with Crippen LogP contribution >= 0.6 is 15.6 Å². The molecular formula is C19H27N5O16P2. The number of phosphoric acid groups is 2. The minimum atomic E-state index is -5.61. The maximum atomic E-state index is 12.4. The summed E-state index contributed by atoms with van der Waals surface area (Å²) >= 11 is 0. The number of aliphatic hydroxyl groups is 5. The van der Waals surface area contributed by atoms with Gasteiger partial charge in [-0.3, -0.25) is 23.4 Å². The maximum absolute atomic E-state index is 12.4. The Hall–Kier alpha value is -2.35. The number of nitrogen functional groups attached to an aromatic ring is 1. The van der Waals surface area contributed by atoms with Crippen molar-refractivity contribution in [2.45, 2.75) is 55.2 Å². The number of aromatic nitrogens is 4. The number of nitrogens with zero attached hydrogens (tertiary/aromatic N) is 3. The molecule has 2 saturated heterocycles. The summed E-state index contributed by atoms with van der Waals surface area (Å²) in [6, 6.07) is 0. The third-order valence-electron chi connectivity index (χ3n) is 6.04. The number of aromatic amines is 1. The zero-order valence-corrected chi connectivity index (χ0v) is 22.9. The van der Waals surface area contributed by atoms with Gasteiger partial charge in [0.25, 0.3) is 5.56 Å². The third kappa shape index (κ3) is 7.06. The highest BCUT2D eigenvalue weighted by molar-refractivity contribution is 7.61. The van der Waals surface area contributed by atoms with Crippen molar-refractivity contribution in [2.75, 3.05) is 25.6 Å². The number of hydrogen-bond acceptors (Lipinski definition) is 17. The first-order chi connectivity index (χ1) is 19.6. The van der Waals surface area contributed by atoms with Crippen LogP contribution in [0.25, 0.3) is 11.2 Å². The van der Waals surface area contributed by atoms with E-state index in [0.29, 0.717) is 0 Å². The zero-order chi connectivity index (χ0) is 31.0. The van der Waals surface area contributed by atoms with Crippen LogP contribution < -0.4 is 11.3 Å². The number of hydrogen-bond donors (Lipinski definition) is 9. The molecule has 0 amide bonds. The molecule has 0 bridgehead atoms. The van der Waals surface area contributed by atoms with Gasteiger partial charge in [-0.2, -0.15) is 9.29 Å². The highest BCUT2D eigenvalue weighted by Gasteiger charge is 2.50. The molecular weight excluding hydrogens is 616 g/mol. The van der Waals surface area contributed by atoms with E-state index in [0.717, 1.165) is 10.9 Å². The molecule has 4 rings (SSSR count). The summed E-state index contributed by atoms with van der Waals surface area (Å²) in [4.78, 5) is 42.0. The first-order valence-corrected chi connectivity index (χ1v) is 14.8. The predicted octanol–water partition coefficient (Wildman–Crippen LogP) is -3.97. The molecule has 42 heavy (non-hydrogen) atoms. The van der Waals surface area contributed by atoms with Crippen molar-refractivity contribution < 1.29 is 72.0 Å². The molecule has 2 aliphatic heterocycles. The van der Waals surface area contributed by atoms with Gasteiger partial charge in [0.1, 0.15) is 49.3 Å². The molecule has 2 aliphatic rings. The largest absolute Gasteiger partial charge is 0.483 e. The van der Waals surface area contributed by atoms with Gasteiger partial charge in [0.15, 0.2) is 23.7 Å². The maximum Gasteiger partial charge on any atom is 0.483 e. The van der Waals surface area contributed by atoms with Crippen LogP contribution in [0, 0.1) is 12.3 Å². The number of fused-ring (bicyclic) bond motifs is 1. The van der Waals surface area contributed by atoms with Gasteiger partial charge in [-0.15, -0.1) is 6.42 Å². The number of nitrogens with one attached hydrogen (secondary N) is 1. The number of imidazole rings is 1. The lowest BCUT2D eigenvalue weighted by Gasteiger charge is -2.40. The fourth-order valence-electron chi connectivity index (χ4n) is 4.07. The van der Waals surface area contributed by atoms with Gasteiger partial charge in [-0.1, -0.05) is 5.92 Å². The Morgan fingerprint density at radius 1 is 1.02 bits per heavy atom. The van der Waals surface area contributed by atoms with E-state index >= 15 is 0 Å². The molecule has 11 atom stereocenters. The first kappa shape index (κ1) is 32.6. The summed E-state index contributed by atoms with van der Waals surface area (Å²) in [6.07, 6.45) is -9.68. The van der Waals surface area contributed by atoms with E-state index in [4.69, 9.17) is 26.4 Å². The second-order valence-corrected chi connectivity index (χ2v) is 12.0. The van der Waals surface area contributed by atoms with Gasteiger partial charge in [0.05, 0.1) is 19.5 Å². The lowest BCUT2D eigenvalue weighted by molar-refractivity contribution is -0.282. The van der Waals surface area contributed by atoms with Gasteiger partial charge in [-0.25, -0.2) is 14.1 Å². The Bertz CT molecular complexity index is 1460. The fourth-order valence-corrected chi connectivity index (χ4v) is 6.23. The molecule has 21 nitrogen and oxygen atoms in total. The number of nitrogens with two attached hydrogens (primary N) is 1. The molecule has 234 valence electrons. The van der Waals surface area contributed by atoms with E-state index in [1.807, 2.05) is 0 Å². The summed E-state index contributed by atoms with van der Waals surface area (Å²) in [7, 11) is -11.1.